The Hall–Kier alpha value is -2.60. The molecular formula is C26H26. The number of benzene rings is 4. The smallest absolute Gasteiger partial charge is 0.00645 e. The third-order valence-corrected chi connectivity index (χ3v) is 5.88. The summed E-state index contributed by atoms with van der Waals surface area (Å²) in [5, 5.41) is 5.39. The van der Waals surface area contributed by atoms with Crippen molar-refractivity contribution in [2.24, 2.45) is 0 Å². The Morgan fingerprint density at radius 1 is 0.462 bits per heavy atom. The second-order valence-electron chi connectivity index (χ2n) is 7.84. The van der Waals surface area contributed by atoms with Gasteiger partial charge in [-0.25, -0.2) is 0 Å². The summed E-state index contributed by atoms with van der Waals surface area (Å²) in [7, 11) is 0. The van der Waals surface area contributed by atoms with Gasteiger partial charge >= 0.3 is 0 Å². The highest BCUT2D eigenvalue weighted by Crippen LogP contribution is 2.41. The van der Waals surface area contributed by atoms with Crippen molar-refractivity contribution in [3.8, 4) is 11.1 Å². The highest BCUT2D eigenvalue weighted by molar-refractivity contribution is 6.08. The highest BCUT2D eigenvalue weighted by atomic mass is 14.2. The van der Waals surface area contributed by atoms with Crippen LogP contribution in [0.25, 0.3) is 32.7 Å². The molecule has 0 saturated carbocycles. The summed E-state index contributed by atoms with van der Waals surface area (Å²) in [6, 6.07) is 18.3. The molecule has 0 aromatic heterocycles. The first-order valence-corrected chi connectivity index (χ1v) is 9.38. The molecule has 0 N–H and O–H groups in total. The molecule has 0 spiro atoms. The summed E-state index contributed by atoms with van der Waals surface area (Å²) in [4.78, 5) is 0. The Morgan fingerprint density at radius 2 is 0.846 bits per heavy atom. The molecule has 0 unspecified atom stereocenters. The molecule has 4 rings (SSSR count). The number of rotatable bonds is 1. The van der Waals surface area contributed by atoms with E-state index in [1.165, 1.54) is 66.1 Å². The van der Waals surface area contributed by atoms with Crippen LogP contribution in [0.15, 0.2) is 48.5 Å². The number of fused-ring (bicyclic) bond motifs is 2. The lowest BCUT2D eigenvalue weighted by Gasteiger charge is -2.20. The lowest BCUT2D eigenvalue weighted by atomic mass is 9.84. The zero-order valence-electron chi connectivity index (χ0n) is 16.6. The third-order valence-electron chi connectivity index (χ3n) is 5.88. The van der Waals surface area contributed by atoms with Crippen molar-refractivity contribution >= 4 is 21.5 Å². The van der Waals surface area contributed by atoms with Crippen LogP contribution in [-0.4, -0.2) is 0 Å². The molecule has 0 aliphatic rings. The van der Waals surface area contributed by atoms with E-state index in [2.05, 4.69) is 90.1 Å². The van der Waals surface area contributed by atoms with Crippen molar-refractivity contribution in [1.82, 2.24) is 0 Å². The predicted molar refractivity (Wildman–Crippen MR) is 115 cm³/mol. The van der Waals surface area contributed by atoms with Gasteiger partial charge in [0.25, 0.3) is 0 Å². The molecule has 130 valence electrons. The molecule has 0 fully saturated rings. The zero-order chi connectivity index (χ0) is 18.6. The molecule has 0 atom stereocenters. The molecule has 0 saturated heterocycles. The van der Waals surface area contributed by atoms with Crippen LogP contribution in [-0.2, 0) is 0 Å². The second-order valence-corrected chi connectivity index (χ2v) is 7.84. The number of aryl methyl sites for hydroxylation is 4. The van der Waals surface area contributed by atoms with E-state index in [1.54, 1.807) is 0 Å². The normalized spacial score (nSPS) is 11.5. The van der Waals surface area contributed by atoms with Gasteiger partial charge in [0.2, 0.25) is 0 Å². The summed E-state index contributed by atoms with van der Waals surface area (Å²) < 4.78 is 0. The van der Waals surface area contributed by atoms with Crippen molar-refractivity contribution in [3.05, 3.63) is 81.9 Å². The van der Waals surface area contributed by atoms with E-state index in [4.69, 9.17) is 0 Å². The minimum absolute atomic E-state index is 1.31. The Morgan fingerprint density at radius 3 is 1.23 bits per heavy atom. The van der Waals surface area contributed by atoms with E-state index >= 15 is 0 Å². The molecule has 0 heterocycles. The van der Waals surface area contributed by atoms with Crippen LogP contribution in [0.3, 0.4) is 0 Å². The fourth-order valence-electron chi connectivity index (χ4n) is 4.18. The van der Waals surface area contributed by atoms with E-state index in [0.29, 0.717) is 0 Å². The van der Waals surface area contributed by atoms with Crippen molar-refractivity contribution in [1.29, 1.82) is 0 Å². The molecule has 0 bridgehead atoms. The van der Waals surface area contributed by atoms with Gasteiger partial charge in [-0.15, -0.1) is 0 Å². The monoisotopic (exact) mass is 338 g/mol. The molecule has 0 aliphatic heterocycles. The van der Waals surface area contributed by atoms with Crippen molar-refractivity contribution in [2.75, 3.05) is 0 Å². The zero-order valence-corrected chi connectivity index (χ0v) is 16.6. The van der Waals surface area contributed by atoms with Gasteiger partial charge in [0, 0.05) is 0 Å². The van der Waals surface area contributed by atoms with Gasteiger partial charge in [0.15, 0.2) is 0 Å². The van der Waals surface area contributed by atoms with Crippen LogP contribution in [0.1, 0.15) is 33.4 Å². The quantitative estimate of drug-likeness (QED) is 0.337. The maximum atomic E-state index is 2.33. The molecule has 4 aromatic rings. The van der Waals surface area contributed by atoms with E-state index < -0.39 is 0 Å². The summed E-state index contributed by atoms with van der Waals surface area (Å²) >= 11 is 0. The first kappa shape index (κ1) is 16.8. The molecule has 4 aromatic carbocycles. The Bertz CT molecular complexity index is 1080. The fourth-order valence-corrected chi connectivity index (χ4v) is 4.18. The largest absolute Gasteiger partial charge is 0.0587 e. The van der Waals surface area contributed by atoms with Gasteiger partial charge in [-0.3, -0.25) is 0 Å². The average Bonchev–Trinajstić information content (AvgIpc) is 2.58. The first-order valence-electron chi connectivity index (χ1n) is 9.38. The van der Waals surface area contributed by atoms with Crippen LogP contribution in [0, 0.1) is 41.5 Å². The van der Waals surface area contributed by atoms with Gasteiger partial charge in [0.1, 0.15) is 0 Å². The number of hydrogen-bond acceptors (Lipinski definition) is 0. The van der Waals surface area contributed by atoms with Crippen LogP contribution in [0.2, 0.25) is 0 Å². The number of hydrogen-bond donors (Lipinski definition) is 0. The second kappa shape index (κ2) is 5.99. The SMILES string of the molecule is Cc1ccc2c(-c3c(C)c(C)cc4cc(C)ccc34)c(C)c(C)cc2c1. The predicted octanol–water partition coefficient (Wildman–Crippen LogP) is 7.51. The van der Waals surface area contributed by atoms with Crippen LogP contribution in [0.5, 0.6) is 0 Å². The topological polar surface area (TPSA) is 0 Å². The van der Waals surface area contributed by atoms with E-state index in [0.717, 1.165) is 0 Å². The Labute approximate surface area is 156 Å². The Kier molecular flexibility index (Phi) is 3.88. The average molecular weight is 338 g/mol. The van der Waals surface area contributed by atoms with Gasteiger partial charge in [-0.05, 0) is 96.5 Å². The molecule has 0 heteroatoms. The van der Waals surface area contributed by atoms with Crippen molar-refractivity contribution < 1.29 is 0 Å². The summed E-state index contributed by atoms with van der Waals surface area (Å²) in [6.07, 6.45) is 0. The molecule has 0 nitrogen and oxygen atoms in total. The van der Waals surface area contributed by atoms with Gasteiger partial charge in [-0.1, -0.05) is 59.7 Å². The summed E-state index contributed by atoms with van der Waals surface area (Å²) in [5.41, 5.74) is 10.9. The first-order chi connectivity index (χ1) is 12.4. The molecular weight excluding hydrogens is 312 g/mol. The van der Waals surface area contributed by atoms with Gasteiger partial charge in [-0.2, -0.15) is 0 Å². The minimum Gasteiger partial charge on any atom is -0.0587 e. The van der Waals surface area contributed by atoms with Crippen molar-refractivity contribution in [3.63, 3.8) is 0 Å². The minimum atomic E-state index is 1.31. The standard InChI is InChI=1S/C26H26/c1-15-7-9-23-21(11-15)13-17(3)19(5)25(23)26-20(6)18(4)14-22-12-16(2)8-10-24(22)26/h7-14H,1-6H3. The maximum Gasteiger partial charge on any atom is -0.00645 e. The van der Waals surface area contributed by atoms with Crippen LogP contribution in [0.4, 0.5) is 0 Å². The van der Waals surface area contributed by atoms with Gasteiger partial charge < -0.3 is 0 Å². The summed E-state index contributed by atoms with van der Waals surface area (Å²) in [6.45, 7) is 13.3. The lowest BCUT2D eigenvalue weighted by molar-refractivity contribution is 1.33. The van der Waals surface area contributed by atoms with E-state index in [-0.39, 0.29) is 0 Å². The summed E-state index contributed by atoms with van der Waals surface area (Å²) in [5.74, 6) is 0. The van der Waals surface area contributed by atoms with E-state index in [1.807, 2.05) is 0 Å². The third kappa shape index (κ3) is 2.52. The fraction of sp³-hybridized carbons (Fsp3) is 0.231. The Balaban J connectivity index is 2.24. The van der Waals surface area contributed by atoms with Crippen LogP contribution < -0.4 is 0 Å². The lowest BCUT2D eigenvalue weighted by Crippen LogP contribution is -1.96. The highest BCUT2D eigenvalue weighted by Gasteiger charge is 2.16. The van der Waals surface area contributed by atoms with Gasteiger partial charge in [0.05, 0.1) is 0 Å². The molecule has 0 aliphatic carbocycles. The van der Waals surface area contributed by atoms with Crippen molar-refractivity contribution in [2.45, 2.75) is 41.5 Å². The maximum absolute atomic E-state index is 2.33. The molecule has 0 radical (unpaired) electrons. The van der Waals surface area contributed by atoms with E-state index in [9.17, 15) is 0 Å². The van der Waals surface area contributed by atoms with Crippen LogP contribution >= 0.6 is 0 Å². The molecule has 26 heavy (non-hydrogen) atoms. The molecule has 0 amide bonds.